The van der Waals surface area contributed by atoms with E-state index in [4.69, 9.17) is 9.52 Å². The van der Waals surface area contributed by atoms with Crippen molar-refractivity contribution < 1.29 is 23.9 Å². The van der Waals surface area contributed by atoms with Crippen LogP contribution < -0.4 is 5.32 Å². The Kier molecular flexibility index (Phi) is 5.05. The molecule has 0 aliphatic carbocycles. The number of furan rings is 1. The molecule has 1 saturated heterocycles. The maximum Gasteiger partial charge on any atom is 0.312 e. The molecule has 0 bridgehead atoms. The van der Waals surface area contributed by atoms with Crippen LogP contribution in [-0.2, 0) is 9.59 Å². The Morgan fingerprint density at radius 2 is 1.83 bits per heavy atom. The van der Waals surface area contributed by atoms with E-state index in [1.165, 1.54) is 11.2 Å². The maximum absolute atomic E-state index is 12.1. The summed E-state index contributed by atoms with van der Waals surface area (Å²) in [6.07, 6.45) is 1.43. The number of amides is 3. The molecule has 8 nitrogen and oxygen atoms in total. The number of carbonyl (C=O) groups excluding carboxylic acids is 3. The lowest BCUT2D eigenvalue weighted by Gasteiger charge is -2.34. The molecular weight excluding hydrogens is 302 g/mol. The largest absolute Gasteiger partial charge is 0.459 e. The molecule has 126 valence electrons. The Morgan fingerprint density at radius 1 is 1.22 bits per heavy atom. The normalized spacial score (nSPS) is 15.4. The highest BCUT2D eigenvalue weighted by Crippen LogP contribution is 2.10. The maximum atomic E-state index is 12.1. The van der Waals surface area contributed by atoms with E-state index in [1.807, 2.05) is 0 Å². The Morgan fingerprint density at radius 3 is 2.35 bits per heavy atom. The van der Waals surface area contributed by atoms with Crippen LogP contribution in [0.4, 0.5) is 0 Å². The number of hydrogen-bond acceptors (Lipinski definition) is 5. The number of aliphatic hydroxyl groups excluding tert-OH is 1. The first-order chi connectivity index (χ1) is 10.8. The molecule has 8 heteroatoms. The zero-order valence-corrected chi connectivity index (χ0v) is 13.2. The summed E-state index contributed by atoms with van der Waals surface area (Å²) in [5.74, 6) is -1.38. The number of carbonyl (C=O) groups is 3. The summed E-state index contributed by atoms with van der Waals surface area (Å²) in [5, 5.41) is 11.6. The molecule has 0 saturated carbocycles. The van der Waals surface area contributed by atoms with Crippen LogP contribution in [0.5, 0.6) is 0 Å². The summed E-state index contributed by atoms with van der Waals surface area (Å²) in [6.45, 7) is 4.20. The quantitative estimate of drug-likeness (QED) is 0.727. The smallest absolute Gasteiger partial charge is 0.312 e. The predicted octanol–water partition coefficient (Wildman–Crippen LogP) is -0.549. The second-order valence-corrected chi connectivity index (χ2v) is 6.06. The van der Waals surface area contributed by atoms with Gasteiger partial charge in [0.05, 0.1) is 18.4 Å². The van der Waals surface area contributed by atoms with Gasteiger partial charge in [0.15, 0.2) is 5.76 Å². The van der Waals surface area contributed by atoms with Crippen molar-refractivity contribution in [2.45, 2.75) is 19.4 Å². The fourth-order valence-electron chi connectivity index (χ4n) is 2.21. The van der Waals surface area contributed by atoms with Gasteiger partial charge in [-0.3, -0.25) is 14.4 Å². The summed E-state index contributed by atoms with van der Waals surface area (Å²) in [5.41, 5.74) is -0.857. The Balaban J connectivity index is 1.87. The highest BCUT2D eigenvalue weighted by Gasteiger charge is 2.31. The highest BCUT2D eigenvalue weighted by molar-refractivity contribution is 6.35. The molecule has 0 unspecified atom stereocenters. The van der Waals surface area contributed by atoms with E-state index in [-0.39, 0.29) is 31.4 Å². The Hall–Kier alpha value is -2.35. The molecule has 1 aliphatic heterocycles. The van der Waals surface area contributed by atoms with Crippen molar-refractivity contribution in [3.63, 3.8) is 0 Å². The van der Waals surface area contributed by atoms with E-state index < -0.39 is 17.4 Å². The van der Waals surface area contributed by atoms with Crippen molar-refractivity contribution >= 4 is 17.7 Å². The monoisotopic (exact) mass is 323 g/mol. The number of hydrogen-bond donors (Lipinski definition) is 2. The first-order valence-electron chi connectivity index (χ1n) is 7.39. The molecule has 1 aliphatic rings. The Labute approximate surface area is 134 Å². The second kappa shape index (κ2) is 6.82. The van der Waals surface area contributed by atoms with Gasteiger partial charge in [-0.2, -0.15) is 0 Å². The molecule has 1 fully saturated rings. The lowest BCUT2D eigenvalue weighted by molar-refractivity contribution is -0.147. The van der Waals surface area contributed by atoms with Gasteiger partial charge in [-0.15, -0.1) is 0 Å². The lowest BCUT2D eigenvalue weighted by atomic mass is 10.1. The van der Waals surface area contributed by atoms with Crippen molar-refractivity contribution in [2.75, 3.05) is 32.8 Å². The fourth-order valence-corrected chi connectivity index (χ4v) is 2.21. The number of nitrogens with one attached hydrogen (secondary N) is 1. The zero-order chi connectivity index (χ0) is 17.0. The van der Waals surface area contributed by atoms with Crippen LogP contribution >= 0.6 is 0 Å². The van der Waals surface area contributed by atoms with E-state index >= 15 is 0 Å². The summed E-state index contributed by atoms with van der Waals surface area (Å²) in [6, 6.07) is 3.23. The molecular formula is C15H21N3O5. The van der Waals surface area contributed by atoms with Crippen LogP contribution in [0.2, 0.25) is 0 Å². The first-order valence-corrected chi connectivity index (χ1v) is 7.39. The van der Waals surface area contributed by atoms with Gasteiger partial charge in [-0.05, 0) is 26.0 Å². The molecule has 23 heavy (non-hydrogen) atoms. The number of rotatable bonds is 3. The zero-order valence-electron chi connectivity index (χ0n) is 13.2. The number of aliphatic hydroxyl groups is 1. The first kappa shape index (κ1) is 17.0. The standard InChI is InChI=1S/C15H21N3O5/c1-15(2,10-19)16-12(20)14(22)18-7-5-17(6-8-18)13(21)11-4-3-9-23-11/h3-4,9,19H,5-8,10H2,1-2H3,(H,16,20). The third-order valence-electron chi connectivity index (χ3n) is 3.63. The van der Waals surface area contributed by atoms with Gasteiger partial charge in [0.25, 0.3) is 5.91 Å². The molecule has 1 aromatic heterocycles. The van der Waals surface area contributed by atoms with E-state index in [1.54, 1.807) is 30.9 Å². The molecule has 0 spiro atoms. The predicted molar refractivity (Wildman–Crippen MR) is 80.5 cm³/mol. The van der Waals surface area contributed by atoms with Crippen molar-refractivity contribution in [3.8, 4) is 0 Å². The Bertz CT molecular complexity index is 574. The van der Waals surface area contributed by atoms with Gasteiger partial charge in [0, 0.05) is 26.2 Å². The SMILES string of the molecule is CC(C)(CO)NC(=O)C(=O)N1CCN(C(=O)c2ccco2)CC1. The molecule has 2 rings (SSSR count). The minimum absolute atomic E-state index is 0.229. The van der Waals surface area contributed by atoms with Crippen molar-refractivity contribution in [2.24, 2.45) is 0 Å². The van der Waals surface area contributed by atoms with Gasteiger partial charge < -0.3 is 24.6 Å². The van der Waals surface area contributed by atoms with Crippen LogP contribution in [0.1, 0.15) is 24.4 Å². The van der Waals surface area contributed by atoms with Gasteiger partial charge in [-0.25, -0.2) is 0 Å². The summed E-state index contributed by atoms with van der Waals surface area (Å²) < 4.78 is 5.07. The highest BCUT2D eigenvalue weighted by atomic mass is 16.3. The van der Waals surface area contributed by atoms with Crippen molar-refractivity contribution in [3.05, 3.63) is 24.2 Å². The van der Waals surface area contributed by atoms with Crippen LogP contribution in [0.3, 0.4) is 0 Å². The third-order valence-corrected chi connectivity index (χ3v) is 3.63. The molecule has 2 N–H and O–H groups in total. The molecule has 0 aromatic carbocycles. The number of piperazine rings is 1. The molecule has 3 amide bonds. The van der Waals surface area contributed by atoms with Crippen molar-refractivity contribution in [1.29, 1.82) is 0 Å². The summed E-state index contributed by atoms with van der Waals surface area (Å²) in [7, 11) is 0. The molecule has 2 heterocycles. The van der Waals surface area contributed by atoms with Gasteiger partial charge in [0.2, 0.25) is 0 Å². The van der Waals surface area contributed by atoms with Crippen LogP contribution in [-0.4, -0.2) is 71.0 Å². The van der Waals surface area contributed by atoms with Gasteiger partial charge in [0.1, 0.15) is 0 Å². The lowest BCUT2D eigenvalue weighted by Crippen LogP contribution is -2.56. The minimum Gasteiger partial charge on any atom is -0.459 e. The van der Waals surface area contributed by atoms with E-state index in [9.17, 15) is 14.4 Å². The summed E-state index contributed by atoms with van der Waals surface area (Å²) >= 11 is 0. The fraction of sp³-hybridized carbons (Fsp3) is 0.533. The molecule has 0 radical (unpaired) electrons. The van der Waals surface area contributed by atoms with E-state index in [0.29, 0.717) is 13.1 Å². The van der Waals surface area contributed by atoms with Crippen LogP contribution in [0.25, 0.3) is 0 Å². The van der Waals surface area contributed by atoms with Crippen LogP contribution in [0.15, 0.2) is 22.8 Å². The van der Waals surface area contributed by atoms with Gasteiger partial charge >= 0.3 is 11.8 Å². The van der Waals surface area contributed by atoms with Crippen LogP contribution in [0, 0.1) is 0 Å². The minimum atomic E-state index is -0.857. The van der Waals surface area contributed by atoms with E-state index in [2.05, 4.69) is 5.32 Å². The average Bonchev–Trinajstić information content (AvgIpc) is 3.07. The second-order valence-electron chi connectivity index (χ2n) is 6.06. The van der Waals surface area contributed by atoms with E-state index in [0.717, 1.165) is 0 Å². The topological polar surface area (TPSA) is 103 Å². The number of nitrogens with zero attached hydrogens (tertiary/aromatic N) is 2. The average molecular weight is 323 g/mol. The molecule has 1 aromatic rings. The van der Waals surface area contributed by atoms with Crippen molar-refractivity contribution in [1.82, 2.24) is 15.1 Å². The van der Waals surface area contributed by atoms with Gasteiger partial charge in [-0.1, -0.05) is 0 Å². The summed E-state index contributed by atoms with van der Waals surface area (Å²) in [4.78, 5) is 39.1. The molecule has 0 atom stereocenters. The third kappa shape index (κ3) is 4.10.